The Balaban J connectivity index is 3.32. The summed E-state index contributed by atoms with van der Waals surface area (Å²) < 4.78 is 13.9. The Hall–Kier alpha value is -2.18. The fourth-order valence-electron chi connectivity index (χ4n) is 2.18. The van der Waals surface area contributed by atoms with Gasteiger partial charge in [-0.3, -0.25) is 9.59 Å². The van der Waals surface area contributed by atoms with Crippen LogP contribution in [0.5, 0.6) is 0 Å². The van der Waals surface area contributed by atoms with Gasteiger partial charge in [-0.15, -0.1) is 0 Å². The van der Waals surface area contributed by atoms with E-state index in [2.05, 4.69) is 9.47 Å². The van der Waals surface area contributed by atoms with Gasteiger partial charge in [-0.25, -0.2) is 9.59 Å². The largest absolute Gasteiger partial charge is 0.469 e. The van der Waals surface area contributed by atoms with Gasteiger partial charge in [0, 0.05) is 0 Å². The van der Waals surface area contributed by atoms with E-state index in [0.29, 0.717) is 0 Å². The molecule has 0 spiro atoms. The van der Waals surface area contributed by atoms with Crippen LogP contribution in [0.2, 0.25) is 0 Å². The average molecular weight is 284 g/mol. The highest BCUT2D eigenvalue weighted by molar-refractivity contribution is 6.13. The Morgan fingerprint density at radius 1 is 0.950 bits per heavy atom. The van der Waals surface area contributed by atoms with Crippen LogP contribution in [0.4, 0.5) is 0 Å². The molecular formula is C13H16O7. The normalized spacial score (nSPS) is 20.8. The molecule has 0 radical (unpaired) electrons. The number of esters is 3. The highest BCUT2D eigenvalue weighted by Gasteiger charge is 2.54. The van der Waals surface area contributed by atoms with Crippen molar-refractivity contribution in [1.29, 1.82) is 0 Å². The zero-order valence-electron chi connectivity index (χ0n) is 11.7. The first kappa shape index (κ1) is 15.9. The van der Waals surface area contributed by atoms with Crippen LogP contribution in [0.25, 0.3) is 0 Å². The Labute approximate surface area is 115 Å². The molecule has 0 amide bonds. The maximum absolute atomic E-state index is 11.8. The Morgan fingerprint density at radius 2 is 1.50 bits per heavy atom. The van der Waals surface area contributed by atoms with E-state index in [-0.39, 0.29) is 17.8 Å². The summed E-state index contributed by atoms with van der Waals surface area (Å²) in [5.41, 5.74) is -0.292. The van der Waals surface area contributed by atoms with Gasteiger partial charge in [0.2, 0.25) is 0 Å². The van der Waals surface area contributed by atoms with Crippen molar-refractivity contribution >= 4 is 23.7 Å². The molecule has 0 aromatic carbocycles. The van der Waals surface area contributed by atoms with Crippen LogP contribution in [-0.4, -0.2) is 44.5 Å². The lowest BCUT2D eigenvalue weighted by Crippen LogP contribution is -2.47. The van der Waals surface area contributed by atoms with Crippen LogP contribution in [0.15, 0.2) is 11.1 Å². The molecule has 1 aliphatic carbocycles. The number of hydrogen-bond donors (Lipinski definition) is 0. The smallest absolute Gasteiger partial charge is 0.335 e. The summed E-state index contributed by atoms with van der Waals surface area (Å²) in [6.07, 6.45) is 0. The van der Waals surface area contributed by atoms with Gasteiger partial charge in [0.05, 0.1) is 37.9 Å². The zero-order valence-corrected chi connectivity index (χ0v) is 11.7. The molecule has 20 heavy (non-hydrogen) atoms. The van der Waals surface area contributed by atoms with Gasteiger partial charge in [0.25, 0.3) is 0 Å². The predicted octanol–water partition coefficient (Wildman–Crippen LogP) is 0.0271. The van der Waals surface area contributed by atoms with Crippen molar-refractivity contribution in [3.63, 3.8) is 0 Å². The van der Waals surface area contributed by atoms with Crippen molar-refractivity contribution in [1.82, 2.24) is 0 Å². The molecule has 0 saturated carbocycles. The number of ketones is 1. The Kier molecular flexibility index (Phi) is 5.01. The van der Waals surface area contributed by atoms with Gasteiger partial charge in [-0.1, -0.05) is 0 Å². The topological polar surface area (TPSA) is 96.0 Å². The standard InChI is InChI=1S/C13H16O7/c1-5-20-13(17)9-7(6(2)14)8(11(15)18-3)10(9)12(16)19-4/h7-8H,5H2,1-4H3/t7-,8+/m1/s1. The van der Waals surface area contributed by atoms with Crippen molar-refractivity contribution < 1.29 is 33.4 Å². The van der Waals surface area contributed by atoms with E-state index in [1.54, 1.807) is 6.92 Å². The van der Waals surface area contributed by atoms with Crippen LogP contribution in [0.3, 0.4) is 0 Å². The fraction of sp³-hybridized carbons (Fsp3) is 0.538. The van der Waals surface area contributed by atoms with Crippen molar-refractivity contribution in [3.8, 4) is 0 Å². The average Bonchev–Trinajstić information content (AvgIpc) is 2.36. The lowest BCUT2D eigenvalue weighted by Gasteiger charge is -2.35. The monoisotopic (exact) mass is 284 g/mol. The molecule has 1 aliphatic rings. The molecule has 0 aromatic heterocycles. The molecule has 0 unspecified atom stereocenters. The maximum atomic E-state index is 11.8. The van der Waals surface area contributed by atoms with Gasteiger partial charge in [-0.05, 0) is 13.8 Å². The third-order valence-electron chi connectivity index (χ3n) is 3.04. The lowest BCUT2D eigenvalue weighted by molar-refractivity contribution is -0.154. The third-order valence-corrected chi connectivity index (χ3v) is 3.04. The minimum Gasteiger partial charge on any atom is -0.469 e. The number of methoxy groups -OCH3 is 2. The second-order valence-electron chi connectivity index (χ2n) is 4.13. The zero-order chi connectivity index (χ0) is 15.4. The fourth-order valence-corrected chi connectivity index (χ4v) is 2.18. The number of Topliss-reactive ketones (excluding diaryl/α,β-unsaturated/α-hetero) is 1. The second-order valence-corrected chi connectivity index (χ2v) is 4.13. The first-order chi connectivity index (χ1) is 9.40. The molecule has 2 atom stereocenters. The molecule has 0 N–H and O–H groups in total. The molecule has 0 fully saturated rings. The number of carbonyl (C=O) groups is 4. The summed E-state index contributed by atoms with van der Waals surface area (Å²) in [6, 6.07) is 0. The van der Waals surface area contributed by atoms with Crippen LogP contribution in [0, 0.1) is 11.8 Å². The molecule has 110 valence electrons. The van der Waals surface area contributed by atoms with Gasteiger partial charge >= 0.3 is 17.9 Å². The van der Waals surface area contributed by atoms with Gasteiger partial charge < -0.3 is 14.2 Å². The van der Waals surface area contributed by atoms with Crippen molar-refractivity contribution in [3.05, 3.63) is 11.1 Å². The number of rotatable bonds is 5. The van der Waals surface area contributed by atoms with Crippen LogP contribution < -0.4 is 0 Å². The molecular weight excluding hydrogens is 268 g/mol. The highest BCUT2D eigenvalue weighted by Crippen LogP contribution is 2.43. The minimum atomic E-state index is -1.12. The summed E-state index contributed by atoms with van der Waals surface area (Å²) in [4.78, 5) is 46.9. The molecule has 7 heteroatoms. The summed E-state index contributed by atoms with van der Waals surface area (Å²) in [7, 11) is 2.25. The summed E-state index contributed by atoms with van der Waals surface area (Å²) >= 11 is 0. The minimum absolute atomic E-state index is 0.0876. The van der Waals surface area contributed by atoms with Crippen molar-refractivity contribution in [2.75, 3.05) is 20.8 Å². The Bertz CT molecular complexity index is 489. The van der Waals surface area contributed by atoms with Crippen LogP contribution >= 0.6 is 0 Å². The van der Waals surface area contributed by atoms with E-state index < -0.39 is 35.5 Å². The van der Waals surface area contributed by atoms with E-state index in [4.69, 9.17) is 4.74 Å². The van der Waals surface area contributed by atoms with E-state index in [0.717, 1.165) is 14.2 Å². The first-order valence-corrected chi connectivity index (χ1v) is 5.98. The predicted molar refractivity (Wildman–Crippen MR) is 65.4 cm³/mol. The summed E-state index contributed by atoms with van der Waals surface area (Å²) in [5.74, 6) is -4.98. The summed E-state index contributed by atoms with van der Waals surface area (Å²) in [5, 5.41) is 0. The summed E-state index contributed by atoms with van der Waals surface area (Å²) in [6.45, 7) is 2.91. The van der Waals surface area contributed by atoms with E-state index >= 15 is 0 Å². The maximum Gasteiger partial charge on any atom is 0.335 e. The molecule has 0 aromatic rings. The number of ether oxygens (including phenoxy) is 3. The molecule has 0 saturated heterocycles. The van der Waals surface area contributed by atoms with E-state index in [9.17, 15) is 19.2 Å². The molecule has 0 aliphatic heterocycles. The Morgan fingerprint density at radius 3 is 1.90 bits per heavy atom. The van der Waals surface area contributed by atoms with Gasteiger partial charge in [-0.2, -0.15) is 0 Å². The van der Waals surface area contributed by atoms with Crippen LogP contribution in [-0.2, 0) is 33.4 Å². The number of carbonyl (C=O) groups excluding carboxylic acids is 4. The van der Waals surface area contributed by atoms with Gasteiger partial charge in [0.1, 0.15) is 11.7 Å². The number of hydrogen-bond acceptors (Lipinski definition) is 7. The SMILES string of the molecule is CCOC(=O)C1=C(C(=O)OC)[C@@H](C(=O)OC)[C@H]1C(C)=O. The van der Waals surface area contributed by atoms with Gasteiger partial charge in [0.15, 0.2) is 0 Å². The first-order valence-electron chi connectivity index (χ1n) is 5.98. The lowest BCUT2D eigenvalue weighted by atomic mass is 9.66. The molecule has 1 rings (SSSR count). The molecule has 7 nitrogen and oxygen atoms in total. The molecule has 0 heterocycles. The molecule has 0 bridgehead atoms. The quantitative estimate of drug-likeness (QED) is 0.519. The van der Waals surface area contributed by atoms with Crippen molar-refractivity contribution in [2.24, 2.45) is 11.8 Å². The third kappa shape index (κ3) is 2.56. The highest BCUT2D eigenvalue weighted by atomic mass is 16.5. The second kappa shape index (κ2) is 6.31. The van der Waals surface area contributed by atoms with E-state index in [1.807, 2.05) is 0 Å². The van der Waals surface area contributed by atoms with Crippen molar-refractivity contribution in [2.45, 2.75) is 13.8 Å². The van der Waals surface area contributed by atoms with Crippen LogP contribution in [0.1, 0.15) is 13.8 Å². The van der Waals surface area contributed by atoms with E-state index in [1.165, 1.54) is 6.92 Å².